The first kappa shape index (κ1) is 18.3. The van der Waals surface area contributed by atoms with E-state index < -0.39 is 0 Å². The van der Waals surface area contributed by atoms with E-state index in [1.54, 1.807) is 0 Å². The van der Waals surface area contributed by atoms with E-state index in [4.69, 9.17) is 11.6 Å². The quantitative estimate of drug-likeness (QED) is 0.570. The highest BCUT2D eigenvalue weighted by Crippen LogP contribution is 2.37. The number of alkyl halides is 2. The summed E-state index contributed by atoms with van der Waals surface area (Å²) in [6.07, 6.45) is 11.1. The van der Waals surface area contributed by atoms with E-state index in [0.29, 0.717) is 18.8 Å². The summed E-state index contributed by atoms with van der Waals surface area (Å²) in [5.41, 5.74) is 3.45. The SMILES string of the molecule is FCCCc1cnc(-c2ccc([C@H]3CC[C@H](CCCl)CC3)cc2)nc1. The largest absolute Gasteiger partial charge is 0.251 e. The molecule has 0 aliphatic heterocycles. The van der Waals surface area contributed by atoms with E-state index in [9.17, 15) is 4.39 Å². The molecule has 3 rings (SSSR count). The third-order valence-electron chi connectivity index (χ3n) is 5.31. The maximum absolute atomic E-state index is 12.2. The average Bonchev–Trinajstić information content (AvgIpc) is 2.68. The number of nitrogens with zero attached hydrogens (tertiary/aromatic N) is 2. The lowest BCUT2D eigenvalue weighted by atomic mass is 9.78. The van der Waals surface area contributed by atoms with Gasteiger partial charge in [-0.15, -0.1) is 11.6 Å². The number of hydrogen-bond acceptors (Lipinski definition) is 2. The van der Waals surface area contributed by atoms with E-state index in [-0.39, 0.29) is 6.67 Å². The molecule has 1 heterocycles. The zero-order valence-corrected chi connectivity index (χ0v) is 15.4. The zero-order valence-electron chi connectivity index (χ0n) is 14.6. The molecule has 25 heavy (non-hydrogen) atoms. The molecule has 1 aliphatic carbocycles. The summed E-state index contributed by atoms with van der Waals surface area (Å²) in [7, 11) is 0. The maximum atomic E-state index is 12.2. The van der Waals surface area contributed by atoms with Crippen LogP contribution in [0.1, 0.15) is 55.6 Å². The van der Waals surface area contributed by atoms with Crippen molar-refractivity contribution >= 4 is 11.6 Å². The van der Waals surface area contributed by atoms with Gasteiger partial charge in [0.15, 0.2) is 5.82 Å². The lowest BCUT2D eigenvalue weighted by molar-refractivity contribution is 0.320. The molecule has 0 atom stereocenters. The Labute approximate surface area is 154 Å². The van der Waals surface area contributed by atoms with Gasteiger partial charge < -0.3 is 0 Å². The lowest BCUT2D eigenvalue weighted by Crippen LogP contribution is -2.13. The molecule has 1 aliphatic rings. The van der Waals surface area contributed by atoms with Gasteiger partial charge in [0.25, 0.3) is 0 Å². The van der Waals surface area contributed by atoms with Crippen molar-refractivity contribution in [1.29, 1.82) is 0 Å². The topological polar surface area (TPSA) is 25.8 Å². The van der Waals surface area contributed by atoms with Gasteiger partial charge in [0, 0.05) is 23.8 Å². The Morgan fingerprint density at radius 3 is 2.28 bits per heavy atom. The summed E-state index contributed by atoms with van der Waals surface area (Å²) in [4.78, 5) is 8.86. The fourth-order valence-electron chi connectivity index (χ4n) is 3.75. The first-order valence-corrected chi connectivity index (χ1v) is 9.86. The van der Waals surface area contributed by atoms with Gasteiger partial charge in [0.05, 0.1) is 6.67 Å². The molecule has 2 aromatic rings. The van der Waals surface area contributed by atoms with Gasteiger partial charge in [-0.1, -0.05) is 24.3 Å². The van der Waals surface area contributed by atoms with Crippen LogP contribution in [-0.2, 0) is 6.42 Å². The molecule has 1 saturated carbocycles. The Balaban J connectivity index is 1.60. The second-order valence-electron chi connectivity index (χ2n) is 7.02. The number of benzene rings is 1. The number of aromatic nitrogens is 2. The fourth-order valence-corrected chi connectivity index (χ4v) is 4.06. The molecule has 1 aromatic carbocycles. The van der Waals surface area contributed by atoms with E-state index in [1.165, 1.54) is 31.2 Å². The van der Waals surface area contributed by atoms with Crippen LogP contribution in [0.15, 0.2) is 36.7 Å². The molecule has 0 spiro atoms. The number of halogens is 2. The fraction of sp³-hybridized carbons (Fsp3) is 0.524. The first-order chi connectivity index (χ1) is 12.3. The van der Waals surface area contributed by atoms with Gasteiger partial charge in [-0.3, -0.25) is 4.39 Å². The van der Waals surface area contributed by atoms with Crippen molar-refractivity contribution in [2.75, 3.05) is 12.6 Å². The summed E-state index contributed by atoms with van der Waals surface area (Å²) in [5, 5.41) is 0. The van der Waals surface area contributed by atoms with Crippen molar-refractivity contribution in [3.8, 4) is 11.4 Å². The Morgan fingerprint density at radius 2 is 1.68 bits per heavy atom. The van der Waals surface area contributed by atoms with Crippen LogP contribution in [0.25, 0.3) is 11.4 Å². The first-order valence-electron chi connectivity index (χ1n) is 9.33. The normalized spacial score (nSPS) is 20.6. The van der Waals surface area contributed by atoms with Crippen LogP contribution >= 0.6 is 11.6 Å². The van der Waals surface area contributed by atoms with Gasteiger partial charge in [-0.25, -0.2) is 9.97 Å². The van der Waals surface area contributed by atoms with E-state index >= 15 is 0 Å². The van der Waals surface area contributed by atoms with Crippen LogP contribution in [0, 0.1) is 5.92 Å². The van der Waals surface area contributed by atoms with Crippen LogP contribution in [0.2, 0.25) is 0 Å². The molecule has 0 N–H and O–H groups in total. The molecule has 0 bridgehead atoms. The molecule has 134 valence electrons. The summed E-state index contributed by atoms with van der Waals surface area (Å²) in [6, 6.07) is 8.69. The molecule has 1 aromatic heterocycles. The smallest absolute Gasteiger partial charge is 0.159 e. The van der Waals surface area contributed by atoms with Gasteiger partial charge in [-0.2, -0.15) is 0 Å². The summed E-state index contributed by atoms with van der Waals surface area (Å²) in [6.45, 7) is -0.295. The van der Waals surface area contributed by atoms with Crippen LogP contribution < -0.4 is 0 Å². The molecular weight excluding hydrogens is 335 g/mol. The minimum absolute atomic E-state index is 0.295. The third kappa shape index (κ3) is 5.01. The van der Waals surface area contributed by atoms with Crippen molar-refractivity contribution in [3.05, 3.63) is 47.8 Å². The number of hydrogen-bond donors (Lipinski definition) is 0. The molecule has 0 radical (unpaired) electrons. The highest BCUT2D eigenvalue weighted by atomic mass is 35.5. The Hall–Kier alpha value is -1.48. The van der Waals surface area contributed by atoms with Gasteiger partial charge in [-0.05, 0) is 67.9 Å². The van der Waals surface area contributed by atoms with Crippen LogP contribution in [0.3, 0.4) is 0 Å². The highest BCUT2D eigenvalue weighted by Gasteiger charge is 2.21. The van der Waals surface area contributed by atoms with Crippen LogP contribution in [0.4, 0.5) is 4.39 Å². The minimum atomic E-state index is -0.295. The Morgan fingerprint density at radius 1 is 1.00 bits per heavy atom. The molecule has 0 saturated heterocycles. The summed E-state index contributed by atoms with van der Waals surface area (Å²) < 4.78 is 12.2. The van der Waals surface area contributed by atoms with Crippen molar-refractivity contribution in [1.82, 2.24) is 9.97 Å². The van der Waals surface area contributed by atoms with Gasteiger partial charge in [0.2, 0.25) is 0 Å². The minimum Gasteiger partial charge on any atom is -0.251 e. The molecular formula is C21H26ClFN2. The Kier molecular flexibility index (Phi) is 6.80. The van der Waals surface area contributed by atoms with E-state index in [2.05, 4.69) is 34.2 Å². The maximum Gasteiger partial charge on any atom is 0.159 e. The molecule has 0 amide bonds. The zero-order chi connectivity index (χ0) is 17.5. The average molecular weight is 361 g/mol. The standard InChI is InChI=1S/C21H26ClFN2/c22-12-11-16-3-5-18(6-4-16)19-7-9-20(10-8-19)21-24-14-17(15-25-21)2-1-13-23/h7-10,14-16,18H,1-6,11-13H2/t16-,18-. The van der Waals surface area contributed by atoms with Crippen LogP contribution in [-0.4, -0.2) is 22.5 Å². The second-order valence-corrected chi connectivity index (χ2v) is 7.40. The monoisotopic (exact) mass is 360 g/mol. The summed E-state index contributed by atoms with van der Waals surface area (Å²) in [5.74, 6) is 3.01. The van der Waals surface area contributed by atoms with Crippen molar-refractivity contribution in [2.45, 2.75) is 50.9 Å². The lowest BCUT2D eigenvalue weighted by Gasteiger charge is -2.28. The van der Waals surface area contributed by atoms with Crippen molar-refractivity contribution in [2.24, 2.45) is 5.92 Å². The number of rotatable bonds is 7. The highest BCUT2D eigenvalue weighted by molar-refractivity contribution is 6.17. The van der Waals surface area contributed by atoms with Crippen molar-refractivity contribution in [3.63, 3.8) is 0 Å². The second kappa shape index (κ2) is 9.28. The number of aryl methyl sites for hydroxylation is 1. The van der Waals surface area contributed by atoms with Gasteiger partial charge in [0.1, 0.15) is 0 Å². The predicted molar refractivity (Wildman–Crippen MR) is 102 cm³/mol. The van der Waals surface area contributed by atoms with E-state index in [0.717, 1.165) is 35.2 Å². The molecule has 4 heteroatoms. The summed E-state index contributed by atoms with van der Waals surface area (Å²) >= 11 is 5.87. The third-order valence-corrected chi connectivity index (χ3v) is 5.53. The van der Waals surface area contributed by atoms with E-state index in [1.807, 2.05) is 12.4 Å². The molecule has 1 fully saturated rings. The Bertz CT molecular complexity index is 634. The molecule has 2 nitrogen and oxygen atoms in total. The molecule has 0 unspecified atom stereocenters. The van der Waals surface area contributed by atoms with Gasteiger partial charge >= 0.3 is 0 Å². The predicted octanol–water partition coefficient (Wildman–Crippen LogP) is 5.95. The van der Waals surface area contributed by atoms with Crippen molar-refractivity contribution < 1.29 is 4.39 Å². The van der Waals surface area contributed by atoms with Crippen LogP contribution in [0.5, 0.6) is 0 Å².